The summed E-state index contributed by atoms with van der Waals surface area (Å²) in [5.74, 6) is -1.69. The van der Waals surface area contributed by atoms with Crippen LogP contribution in [-0.4, -0.2) is 47.3 Å². The van der Waals surface area contributed by atoms with E-state index < -0.39 is 36.6 Å². The average Bonchev–Trinajstić information content (AvgIpc) is 2.81. The first-order chi connectivity index (χ1) is 12.3. The Hall–Kier alpha value is -3.22. The third-order valence-corrected chi connectivity index (χ3v) is 4.17. The van der Waals surface area contributed by atoms with Gasteiger partial charge in [0.1, 0.15) is 12.1 Å². The van der Waals surface area contributed by atoms with Crippen LogP contribution in [0.1, 0.15) is 24.2 Å². The number of imide groups is 1. The van der Waals surface area contributed by atoms with Crippen LogP contribution in [0.2, 0.25) is 0 Å². The van der Waals surface area contributed by atoms with Crippen molar-refractivity contribution in [2.45, 2.75) is 19.4 Å². The highest BCUT2D eigenvalue weighted by Gasteiger charge is 2.45. The molecule has 0 spiro atoms. The molecule has 7 heteroatoms. The Morgan fingerprint density at radius 2 is 1.77 bits per heavy atom. The third kappa shape index (κ3) is 3.42. The first kappa shape index (κ1) is 17.6. The smallest absolute Gasteiger partial charge is 0.326 e. The van der Waals surface area contributed by atoms with Crippen LogP contribution >= 0.6 is 0 Å². The molecule has 26 heavy (non-hydrogen) atoms. The van der Waals surface area contributed by atoms with Crippen molar-refractivity contribution in [2.24, 2.45) is 0 Å². The van der Waals surface area contributed by atoms with Crippen LogP contribution in [0.5, 0.6) is 0 Å². The predicted octanol–water partition coefficient (Wildman–Crippen LogP) is 1.90. The molecule has 2 aromatic rings. The molecule has 3 amide bonds. The number of ether oxygens (including phenoxy) is 1. The van der Waals surface area contributed by atoms with Gasteiger partial charge in [-0.1, -0.05) is 36.4 Å². The van der Waals surface area contributed by atoms with Crippen LogP contribution < -0.4 is 5.32 Å². The zero-order valence-electron chi connectivity index (χ0n) is 14.4. The zero-order chi connectivity index (χ0) is 18.9. The average molecular weight is 354 g/mol. The number of amides is 3. The van der Waals surface area contributed by atoms with E-state index in [4.69, 9.17) is 4.74 Å². The van der Waals surface area contributed by atoms with Gasteiger partial charge in [-0.15, -0.1) is 0 Å². The lowest BCUT2D eigenvalue weighted by atomic mass is 10.0. The van der Waals surface area contributed by atoms with Gasteiger partial charge in [0.25, 0.3) is 5.91 Å². The summed E-state index contributed by atoms with van der Waals surface area (Å²) in [5, 5.41) is 4.38. The molecule has 2 aromatic carbocycles. The van der Waals surface area contributed by atoms with Crippen molar-refractivity contribution in [3.63, 3.8) is 0 Å². The van der Waals surface area contributed by atoms with Crippen LogP contribution in [0, 0.1) is 0 Å². The molecule has 1 N–H and O–H groups in total. The van der Waals surface area contributed by atoms with Crippen LogP contribution in [0.4, 0.5) is 4.79 Å². The molecule has 0 bridgehead atoms. The van der Waals surface area contributed by atoms with Crippen molar-refractivity contribution < 1.29 is 23.9 Å². The van der Waals surface area contributed by atoms with Gasteiger partial charge >= 0.3 is 12.0 Å². The monoisotopic (exact) mass is 354 g/mol. The second kappa shape index (κ2) is 6.59. The van der Waals surface area contributed by atoms with E-state index >= 15 is 0 Å². The van der Waals surface area contributed by atoms with Crippen molar-refractivity contribution in [1.29, 1.82) is 0 Å². The summed E-state index contributed by atoms with van der Waals surface area (Å²) in [6.45, 7) is 2.10. The fourth-order valence-electron chi connectivity index (χ4n) is 2.73. The van der Waals surface area contributed by atoms with E-state index in [0.29, 0.717) is 5.56 Å². The van der Waals surface area contributed by atoms with E-state index in [0.717, 1.165) is 15.7 Å². The maximum atomic E-state index is 12.2. The number of nitrogens with zero attached hydrogens (tertiary/aromatic N) is 1. The van der Waals surface area contributed by atoms with E-state index in [-0.39, 0.29) is 5.78 Å². The highest BCUT2D eigenvalue weighted by molar-refractivity contribution is 6.08. The van der Waals surface area contributed by atoms with Gasteiger partial charge in [-0.2, -0.15) is 0 Å². The zero-order valence-corrected chi connectivity index (χ0v) is 14.4. The normalized spacial score (nSPS) is 15.8. The molecule has 1 aliphatic heterocycles. The number of nitrogens with one attached hydrogen (secondary N) is 1. The van der Waals surface area contributed by atoms with Gasteiger partial charge in [0.15, 0.2) is 12.4 Å². The number of fused-ring (bicyclic) bond motifs is 1. The molecule has 3 rings (SSSR count). The topological polar surface area (TPSA) is 92.8 Å². The lowest BCUT2D eigenvalue weighted by Crippen LogP contribution is -2.41. The molecular formula is C19H18N2O5. The van der Waals surface area contributed by atoms with E-state index in [2.05, 4.69) is 5.32 Å². The minimum absolute atomic E-state index is 0.360. The number of carbonyl (C=O) groups is 4. The summed E-state index contributed by atoms with van der Waals surface area (Å²) in [4.78, 5) is 48.7. The Balaban J connectivity index is 1.59. The SMILES string of the molecule is CC1(C)NC(=O)N(CC(=O)OCC(=O)c2ccc3ccccc3c2)C1=O. The van der Waals surface area contributed by atoms with Gasteiger partial charge < -0.3 is 10.1 Å². The summed E-state index contributed by atoms with van der Waals surface area (Å²) in [7, 11) is 0. The molecule has 0 aliphatic carbocycles. The summed E-state index contributed by atoms with van der Waals surface area (Å²) in [5.41, 5.74) is -0.634. The van der Waals surface area contributed by atoms with Crippen LogP contribution in [-0.2, 0) is 14.3 Å². The number of carbonyl (C=O) groups excluding carboxylic acids is 4. The van der Waals surface area contributed by atoms with Gasteiger partial charge in [0.2, 0.25) is 0 Å². The number of ketones is 1. The van der Waals surface area contributed by atoms with Crippen LogP contribution in [0.25, 0.3) is 10.8 Å². The minimum Gasteiger partial charge on any atom is -0.456 e. The second-order valence-electron chi connectivity index (χ2n) is 6.59. The molecule has 7 nitrogen and oxygen atoms in total. The van der Waals surface area contributed by atoms with Crippen molar-refractivity contribution in [3.05, 3.63) is 48.0 Å². The first-order valence-corrected chi connectivity index (χ1v) is 8.10. The maximum Gasteiger partial charge on any atom is 0.326 e. The fraction of sp³-hybridized carbons (Fsp3) is 0.263. The standard InChI is InChI=1S/C19H18N2O5/c1-19(2)17(24)21(18(25)20-19)10-16(23)26-11-15(22)14-8-7-12-5-3-4-6-13(12)9-14/h3-9H,10-11H2,1-2H3,(H,20,25). The number of urea groups is 1. The molecule has 0 unspecified atom stereocenters. The number of rotatable bonds is 5. The third-order valence-electron chi connectivity index (χ3n) is 4.17. The molecule has 1 heterocycles. The Labute approximate surface area is 149 Å². The lowest BCUT2D eigenvalue weighted by Gasteiger charge is -2.15. The fourth-order valence-corrected chi connectivity index (χ4v) is 2.73. The maximum absolute atomic E-state index is 12.2. The highest BCUT2D eigenvalue weighted by Crippen LogP contribution is 2.17. The summed E-state index contributed by atoms with van der Waals surface area (Å²) < 4.78 is 4.93. The Morgan fingerprint density at radius 3 is 2.42 bits per heavy atom. The van der Waals surface area contributed by atoms with E-state index in [9.17, 15) is 19.2 Å². The minimum atomic E-state index is -1.06. The molecule has 1 fully saturated rings. The van der Waals surface area contributed by atoms with Crippen molar-refractivity contribution in [3.8, 4) is 0 Å². The van der Waals surface area contributed by atoms with Crippen molar-refractivity contribution in [1.82, 2.24) is 10.2 Å². The molecule has 0 saturated carbocycles. The molecule has 134 valence electrons. The first-order valence-electron chi connectivity index (χ1n) is 8.10. The quantitative estimate of drug-likeness (QED) is 0.503. The number of benzene rings is 2. The van der Waals surface area contributed by atoms with E-state index in [1.807, 2.05) is 30.3 Å². The Morgan fingerprint density at radius 1 is 1.08 bits per heavy atom. The molecular weight excluding hydrogens is 336 g/mol. The largest absolute Gasteiger partial charge is 0.456 e. The summed E-state index contributed by atoms with van der Waals surface area (Å²) >= 11 is 0. The Kier molecular flexibility index (Phi) is 4.46. The number of Topliss-reactive ketones (excluding diaryl/α,β-unsaturated/α-hetero) is 1. The van der Waals surface area contributed by atoms with Crippen molar-refractivity contribution >= 4 is 34.5 Å². The van der Waals surface area contributed by atoms with Gasteiger partial charge in [-0.3, -0.25) is 19.3 Å². The number of esters is 1. The van der Waals surface area contributed by atoms with Crippen LogP contribution in [0.15, 0.2) is 42.5 Å². The molecule has 0 aromatic heterocycles. The van der Waals surface area contributed by atoms with Gasteiger partial charge in [-0.25, -0.2) is 4.79 Å². The number of hydrogen-bond donors (Lipinski definition) is 1. The van der Waals surface area contributed by atoms with E-state index in [1.165, 1.54) is 0 Å². The Bertz CT molecular complexity index is 919. The van der Waals surface area contributed by atoms with Gasteiger partial charge in [0, 0.05) is 5.56 Å². The molecule has 1 saturated heterocycles. The second-order valence-corrected chi connectivity index (χ2v) is 6.59. The molecule has 0 radical (unpaired) electrons. The van der Waals surface area contributed by atoms with Gasteiger partial charge in [0.05, 0.1) is 0 Å². The summed E-state index contributed by atoms with van der Waals surface area (Å²) in [6, 6.07) is 12.2. The molecule has 1 aliphatic rings. The van der Waals surface area contributed by atoms with Crippen molar-refractivity contribution in [2.75, 3.05) is 13.2 Å². The van der Waals surface area contributed by atoms with Crippen LogP contribution in [0.3, 0.4) is 0 Å². The number of hydrogen-bond acceptors (Lipinski definition) is 5. The van der Waals surface area contributed by atoms with Gasteiger partial charge in [-0.05, 0) is 30.7 Å². The van der Waals surface area contributed by atoms with E-state index in [1.54, 1.807) is 26.0 Å². The lowest BCUT2D eigenvalue weighted by molar-refractivity contribution is -0.146. The highest BCUT2D eigenvalue weighted by atomic mass is 16.5. The molecule has 0 atom stereocenters. The summed E-state index contributed by atoms with van der Waals surface area (Å²) in [6.07, 6.45) is 0. The predicted molar refractivity (Wildman–Crippen MR) is 93.6 cm³/mol.